The highest BCUT2D eigenvalue weighted by Gasteiger charge is 2.36. The summed E-state index contributed by atoms with van der Waals surface area (Å²) in [6, 6.07) is 10.3. The summed E-state index contributed by atoms with van der Waals surface area (Å²) in [5, 5.41) is 9.54. The van der Waals surface area contributed by atoms with Gasteiger partial charge in [0.25, 0.3) is 0 Å². The molecule has 1 N–H and O–H groups in total. The van der Waals surface area contributed by atoms with E-state index in [0.29, 0.717) is 4.48 Å². The highest BCUT2D eigenvalue weighted by atomic mass is 16.4. The lowest BCUT2D eigenvalue weighted by molar-refractivity contribution is -0.927. The molecule has 0 aliphatic rings. The fraction of sp³-hybridized carbons (Fsp3) is 0.640. The molecular weight excluding hydrogens is 346 g/mol. The molecule has 2 atom stereocenters. The Hall–Kier alpha value is -1.61. The Bertz CT molecular complexity index is 569. The number of carboxylic acids is 1. The molecule has 2 unspecified atom stereocenters. The van der Waals surface area contributed by atoms with Gasteiger partial charge in [-0.1, -0.05) is 95.2 Å². The lowest BCUT2D eigenvalue weighted by Gasteiger charge is -2.41. The first-order valence-corrected chi connectivity index (χ1v) is 11.2. The van der Waals surface area contributed by atoms with Crippen LogP contribution in [0.1, 0.15) is 89.7 Å². The average molecular weight is 389 g/mol. The second-order valence-corrected chi connectivity index (χ2v) is 8.60. The van der Waals surface area contributed by atoms with Crippen LogP contribution in [0.25, 0.3) is 0 Å². The van der Waals surface area contributed by atoms with Crippen molar-refractivity contribution in [3.8, 4) is 0 Å². The minimum Gasteiger partial charge on any atom is -0.477 e. The van der Waals surface area contributed by atoms with E-state index in [2.05, 4.69) is 32.7 Å². The number of hydrogen-bond acceptors (Lipinski definition) is 1. The summed E-state index contributed by atoms with van der Waals surface area (Å²) in [5.74, 6) is -0.739. The molecule has 0 bridgehead atoms. The third-order valence-corrected chi connectivity index (χ3v) is 5.72. The number of likely N-dealkylation sites (N-methyl/N-ethyl adjacent to an activating group) is 1. The fourth-order valence-corrected chi connectivity index (χ4v) is 4.38. The fourth-order valence-electron chi connectivity index (χ4n) is 4.38. The van der Waals surface area contributed by atoms with Crippen LogP contribution in [0.5, 0.6) is 0 Å². The minimum absolute atomic E-state index is 0.0239. The van der Waals surface area contributed by atoms with Gasteiger partial charge in [-0.3, -0.25) is 0 Å². The first kappa shape index (κ1) is 24.4. The Balaban J connectivity index is 2.55. The zero-order chi connectivity index (χ0) is 20.8. The standard InChI is InChI=1S/C25H41NO2/c1-5-6-7-8-9-10-11-12-13-17-20-26(4,21-24(27)28)25(22(2)3)23-18-15-14-16-19-23/h14-16,18-19,25H,2,5-13,17,20-21H2,1,3-4H3/p+1. The number of unbranched alkanes of at least 4 members (excludes halogenated alkanes) is 9. The van der Waals surface area contributed by atoms with E-state index in [4.69, 9.17) is 0 Å². The topological polar surface area (TPSA) is 37.3 Å². The number of carbonyl (C=O) groups is 1. The van der Waals surface area contributed by atoms with Crippen LogP contribution in [0.4, 0.5) is 0 Å². The molecule has 0 spiro atoms. The van der Waals surface area contributed by atoms with Gasteiger partial charge in [0.1, 0.15) is 6.04 Å². The Kier molecular flexibility index (Phi) is 11.8. The van der Waals surface area contributed by atoms with Crippen LogP contribution in [0, 0.1) is 0 Å². The summed E-state index contributed by atoms with van der Waals surface area (Å²) in [6.07, 6.45) is 12.9. The summed E-state index contributed by atoms with van der Waals surface area (Å²) in [7, 11) is 2.08. The normalized spacial score (nSPS) is 14.4. The first-order chi connectivity index (χ1) is 13.4. The number of benzene rings is 1. The first-order valence-electron chi connectivity index (χ1n) is 11.2. The maximum absolute atomic E-state index is 11.6. The molecule has 3 nitrogen and oxygen atoms in total. The molecule has 158 valence electrons. The predicted octanol–water partition coefficient (Wildman–Crippen LogP) is 6.76. The molecule has 28 heavy (non-hydrogen) atoms. The van der Waals surface area contributed by atoms with Crippen molar-refractivity contribution < 1.29 is 14.4 Å². The maximum Gasteiger partial charge on any atom is 0.359 e. The van der Waals surface area contributed by atoms with Gasteiger partial charge in [0.05, 0.1) is 13.6 Å². The van der Waals surface area contributed by atoms with Crippen LogP contribution < -0.4 is 0 Å². The highest BCUT2D eigenvalue weighted by molar-refractivity contribution is 5.68. The van der Waals surface area contributed by atoms with E-state index in [1.54, 1.807) is 0 Å². The molecule has 1 aromatic carbocycles. The van der Waals surface area contributed by atoms with Gasteiger partial charge >= 0.3 is 5.97 Å². The molecule has 0 heterocycles. The Morgan fingerprint density at radius 2 is 1.46 bits per heavy atom. The SMILES string of the molecule is C=C(C)C(c1ccccc1)[N+](C)(CCCCCCCCCCCC)CC(=O)O. The Morgan fingerprint density at radius 1 is 0.964 bits per heavy atom. The second-order valence-electron chi connectivity index (χ2n) is 8.60. The summed E-state index contributed by atoms with van der Waals surface area (Å²) in [4.78, 5) is 11.6. The maximum atomic E-state index is 11.6. The number of quaternary nitrogens is 1. The summed E-state index contributed by atoms with van der Waals surface area (Å²) in [5.41, 5.74) is 2.19. The predicted molar refractivity (Wildman–Crippen MR) is 119 cm³/mol. The largest absolute Gasteiger partial charge is 0.477 e. The smallest absolute Gasteiger partial charge is 0.359 e. The van der Waals surface area contributed by atoms with E-state index < -0.39 is 5.97 Å². The molecule has 3 heteroatoms. The number of rotatable bonds is 16. The Morgan fingerprint density at radius 3 is 1.93 bits per heavy atom. The zero-order valence-corrected chi connectivity index (χ0v) is 18.5. The van der Waals surface area contributed by atoms with E-state index in [9.17, 15) is 9.90 Å². The molecule has 0 fully saturated rings. The molecule has 0 aliphatic heterocycles. The molecule has 1 rings (SSSR count). The van der Waals surface area contributed by atoms with Crippen molar-refractivity contribution in [2.24, 2.45) is 0 Å². The second kappa shape index (κ2) is 13.5. The lowest BCUT2D eigenvalue weighted by Crippen LogP contribution is -2.51. The van der Waals surface area contributed by atoms with Gasteiger partial charge < -0.3 is 9.59 Å². The van der Waals surface area contributed by atoms with Crippen molar-refractivity contribution in [3.63, 3.8) is 0 Å². The van der Waals surface area contributed by atoms with Crippen LogP contribution in [-0.2, 0) is 4.79 Å². The molecule has 0 aromatic heterocycles. The average Bonchev–Trinajstić information content (AvgIpc) is 2.63. The summed E-state index contributed by atoms with van der Waals surface area (Å²) >= 11 is 0. The third-order valence-electron chi connectivity index (χ3n) is 5.72. The molecule has 0 saturated heterocycles. The lowest BCUT2D eigenvalue weighted by atomic mass is 9.96. The van der Waals surface area contributed by atoms with Crippen LogP contribution in [0.3, 0.4) is 0 Å². The van der Waals surface area contributed by atoms with Gasteiger partial charge in [-0.15, -0.1) is 0 Å². The highest BCUT2D eigenvalue weighted by Crippen LogP contribution is 2.33. The van der Waals surface area contributed by atoms with E-state index in [-0.39, 0.29) is 12.6 Å². The van der Waals surface area contributed by atoms with E-state index >= 15 is 0 Å². The van der Waals surface area contributed by atoms with Gasteiger partial charge in [0.15, 0.2) is 6.54 Å². The van der Waals surface area contributed by atoms with Gasteiger partial charge in [0, 0.05) is 5.56 Å². The van der Waals surface area contributed by atoms with Crippen molar-refractivity contribution >= 4 is 5.97 Å². The molecule has 1 aromatic rings. The summed E-state index contributed by atoms with van der Waals surface area (Å²) in [6.45, 7) is 9.47. The van der Waals surface area contributed by atoms with Crippen molar-refractivity contribution in [3.05, 3.63) is 48.0 Å². The van der Waals surface area contributed by atoms with Crippen LogP contribution in [0.2, 0.25) is 0 Å². The Labute approximate surface area is 173 Å². The monoisotopic (exact) mass is 388 g/mol. The minimum atomic E-state index is -0.739. The molecule has 0 aliphatic carbocycles. The number of carboxylic acid groups (broad SMARTS) is 1. The van der Waals surface area contributed by atoms with E-state index in [0.717, 1.165) is 24.1 Å². The molecule has 0 radical (unpaired) electrons. The van der Waals surface area contributed by atoms with Gasteiger partial charge in [0.2, 0.25) is 0 Å². The number of hydrogen-bond donors (Lipinski definition) is 1. The quantitative estimate of drug-likeness (QED) is 0.193. The van der Waals surface area contributed by atoms with Gasteiger partial charge in [-0.2, -0.15) is 0 Å². The van der Waals surface area contributed by atoms with Gasteiger partial charge in [-0.05, 0) is 25.3 Å². The number of nitrogens with zero attached hydrogens (tertiary/aromatic N) is 1. The number of aliphatic carboxylic acids is 1. The van der Waals surface area contributed by atoms with Crippen LogP contribution in [0.15, 0.2) is 42.5 Å². The van der Waals surface area contributed by atoms with E-state index in [1.165, 1.54) is 57.8 Å². The zero-order valence-electron chi connectivity index (χ0n) is 18.5. The van der Waals surface area contributed by atoms with Gasteiger partial charge in [-0.25, -0.2) is 4.79 Å². The van der Waals surface area contributed by atoms with Crippen LogP contribution >= 0.6 is 0 Å². The van der Waals surface area contributed by atoms with Crippen molar-refractivity contribution in [2.45, 2.75) is 84.1 Å². The third kappa shape index (κ3) is 9.05. The molecular formula is C25H42NO2+. The van der Waals surface area contributed by atoms with E-state index in [1.807, 2.05) is 25.1 Å². The van der Waals surface area contributed by atoms with Crippen molar-refractivity contribution in [1.29, 1.82) is 0 Å². The molecule has 0 amide bonds. The molecule has 0 saturated carbocycles. The van der Waals surface area contributed by atoms with Crippen molar-refractivity contribution in [1.82, 2.24) is 0 Å². The van der Waals surface area contributed by atoms with Crippen LogP contribution in [-0.4, -0.2) is 35.7 Å². The van der Waals surface area contributed by atoms with Crippen molar-refractivity contribution in [2.75, 3.05) is 20.1 Å². The summed E-state index contributed by atoms with van der Waals surface area (Å²) < 4.78 is 0.492.